The number of carboxylic acid groups (broad SMARTS) is 1. The molecule has 7 heteroatoms. The van der Waals surface area contributed by atoms with Gasteiger partial charge in [0.05, 0.1) is 5.56 Å². The summed E-state index contributed by atoms with van der Waals surface area (Å²) in [6, 6.07) is 5.96. The van der Waals surface area contributed by atoms with Crippen LogP contribution in [0.25, 0.3) is 0 Å². The molecule has 0 unspecified atom stereocenters. The van der Waals surface area contributed by atoms with Gasteiger partial charge in [-0.2, -0.15) is 0 Å². The van der Waals surface area contributed by atoms with E-state index in [1.54, 1.807) is 21.9 Å². The first-order chi connectivity index (χ1) is 10.5. The molecule has 0 bridgehead atoms. The Bertz CT molecular complexity index is 579. The number of rotatable bonds is 4. The van der Waals surface area contributed by atoms with Crippen LogP contribution in [0.4, 0.5) is 0 Å². The van der Waals surface area contributed by atoms with Crippen LogP contribution < -0.4 is 0 Å². The number of amides is 2. The van der Waals surface area contributed by atoms with Gasteiger partial charge in [0.1, 0.15) is 6.61 Å². The lowest BCUT2D eigenvalue weighted by molar-refractivity contribution is -0.136. The highest BCUT2D eigenvalue weighted by atomic mass is 16.5. The molecule has 1 aliphatic heterocycles. The van der Waals surface area contributed by atoms with Gasteiger partial charge in [0.25, 0.3) is 5.91 Å². The summed E-state index contributed by atoms with van der Waals surface area (Å²) in [4.78, 5) is 38.3. The second-order valence-corrected chi connectivity index (χ2v) is 4.99. The number of piperazine rings is 1. The summed E-state index contributed by atoms with van der Waals surface area (Å²) < 4.78 is 4.81. The molecule has 2 amide bonds. The number of hydrogen-bond donors (Lipinski definition) is 1. The Morgan fingerprint density at radius 1 is 1.09 bits per heavy atom. The fourth-order valence-corrected chi connectivity index (χ4v) is 2.34. The fraction of sp³-hybridized carbons (Fsp3) is 0.400. The van der Waals surface area contributed by atoms with Crippen molar-refractivity contribution in [3.05, 3.63) is 35.4 Å². The van der Waals surface area contributed by atoms with Crippen LogP contribution in [0.2, 0.25) is 0 Å². The van der Waals surface area contributed by atoms with Gasteiger partial charge >= 0.3 is 5.97 Å². The summed E-state index contributed by atoms with van der Waals surface area (Å²) in [5, 5.41) is 8.97. The molecular weight excluding hydrogens is 288 g/mol. The van der Waals surface area contributed by atoms with Crippen LogP contribution in [-0.4, -0.2) is 72.6 Å². The molecule has 1 aromatic rings. The van der Waals surface area contributed by atoms with Gasteiger partial charge in [-0.1, -0.05) is 6.07 Å². The molecule has 1 N–H and O–H groups in total. The average Bonchev–Trinajstić information content (AvgIpc) is 2.54. The maximum Gasteiger partial charge on any atom is 0.335 e. The van der Waals surface area contributed by atoms with E-state index in [9.17, 15) is 14.4 Å². The average molecular weight is 306 g/mol. The molecule has 0 atom stereocenters. The molecule has 0 aromatic heterocycles. The third kappa shape index (κ3) is 3.62. The van der Waals surface area contributed by atoms with E-state index in [1.165, 1.54) is 19.2 Å². The van der Waals surface area contributed by atoms with Crippen molar-refractivity contribution in [2.45, 2.75) is 0 Å². The van der Waals surface area contributed by atoms with Gasteiger partial charge in [0.2, 0.25) is 5.91 Å². The zero-order chi connectivity index (χ0) is 16.1. The lowest BCUT2D eigenvalue weighted by atomic mass is 10.1. The van der Waals surface area contributed by atoms with Crippen LogP contribution >= 0.6 is 0 Å². The van der Waals surface area contributed by atoms with Gasteiger partial charge in [-0.05, 0) is 18.2 Å². The van der Waals surface area contributed by atoms with E-state index in [-0.39, 0.29) is 24.0 Å². The molecule has 1 saturated heterocycles. The van der Waals surface area contributed by atoms with Crippen LogP contribution in [0.3, 0.4) is 0 Å². The highest BCUT2D eigenvalue weighted by Crippen LogP contribution is 2.11. The van der Waals surface area contributed by atoms with Gasteiger partial charge < -0.3 is 19.6 Å². The normalized spacial score (nSPS) is 14.8. The zero-order valence-electron chi connectivity index (χ0n) is 12.3. The summed E-state index contributed by atoms with van der Waals surface area (Å²) >= 11 is 0. The summed E-state index contributed by atoms with van der Waals surface area (Å²) in [6.07, 6.45) is 0. The number of benzene rings is 1. The largest absolute Gasteiger partial charge is 0.478 e. The number of aromatic carboxylic acids is 1. The van der Waals surface area contributed by atoms with Gasteiger partial charge in [-0.3, -0.25) is 9.59 Å². The van der Waals surface area contributed by atoms with E-state index >= 15 is 0 Å². The van der Waals surface area contributed by atoms with Crippen molar-refractivity contribution in [3.63, 3.8) is 0 Å². The van der Waals surface area contributed by atoms with E-state index < -0.39 is 5.97 Å². The first-order valence-electron chi connectivity index (χ1n) is 6.92. The van der Waals surface area contributed by atoms with Gasteiger partial charge in [0.15, 0.2) is 0 Å². The first-order valence-corrected chi connectivity index (χ1v) is 6.92. The molecule has 1 aromatic carbocycles. The van der Waals surface area contributed by atoms with Crippen molar-refractivity contribution in [1.29, 1.82) is 0 Å². The molecule has 22 heavy (non-hydrogen) atoms. The highest BCUT2D eigenvalue weighted by Gasteiger charge is 2.25. The minimum atomic E-state index is -1.07. The Labute approximate surface area is 128 Å². The van der Waals surface area contributed by atoms with E-state index in [2.05, 4.69) is 0 Å². The molecule has 118 valence electrons. The number of methoxy groups -OCH3 is 1. The van der Waals surface area contributed by atoms with E-state index in [0.29, 0.717) is 31.7 Å². The predicted molar refractivity (Wildman–Crippen MR) is 77.8 cm³/mol. The minimum Gasteiger partial charge on any atom is -0.478 e. The SMILES string of the molecule is COCC(=O)N1CCN(C(=O)c2cccc(C(=O)O)c2)CC1. The van der Waals surface area contributed by atoms with Crippen molar-refractivity contribution in [2.75, 3.05) is 39.9 Å². The van der Waals surface area contributed by atoms with E-state index in [4.69, 9.17) is 9.84 Å². The minimum absolute atomic E-state index is 0.0363. The Balaban J connectivity index is 1.99. The smallest absolute Gasteiger partial charge is 0.335 e. The van der Waals surface area contributed by atoms with Crippen LogP contribution in [0.1, 0.15) is 20.7 Å². The molecule has 0 radical (unpaired) electrons. The zero-order valence-corrected chi connectivity index (χ0v) is 12.3. The van der Waals surface area contributed by atoms with Crippen LogP contribution in [0.5, 0.6) is 0 Å². The number of nitrogens with zero attached hydrogens (tertiary/aromatic N) is 2. The van der Waals surface area contributed by atoms with Gasteiger partial charge in [-0.15, -0.1) is 0 Å². The summed E-state index contributed by atoms with van der Waals surface area (Å²) in [5.41, 5.74) is 0.427. The second-order valence-electron chi connectivity index (χ2n) is 4.99. The van der Waals surface area contributed by atoms with Crippen LogP contribution in [0.15, 0.2) is 24.3 Å². The maximum absolute atomic E-state index is 12.4. The van der Waals surface area contributed by atoms with E-state index in [1.807, 2.05) is 0 Å². The number of carbonyl (C=O) groups excluding carboxylic acids is 2. The monoisotopic (exact) mass is 306 g/mol. The molecule has 0 aliphatic carbocycles. The van der Waals surface area contributed by atoms with Crippen molar-refractivity contribution in [1.82, 2.24) is 9.80 Å². The Kier molecular flexibility index (Phi) is 5.11. The molecule has 7 nitrogen and oxygen atoms in total. The summed E-state index contributed by atoms with van der Waals surface area (Å²) in [6.45, 7) is 1.78. The van der Waals surface area contributed by atoms with Gasteiger partial charge in [0, 0.05) is 38.9 Å². The number of carboxylic acids is 1. The second kappa shape index (κ2) is 7.04. The van der Waals surface area contributed by atoms with Crippen LogP contribution in [-0.2, 0) is 9.53 Å². The van der Waals surface area contributed by atoms with Crippen molar-refractivity contribution >= 4 is 17.8 Å². The van der Waals surface area contributed by atoms with Crippen molar-refractivity contribution in [3.8, 4) is 0 Å². The van der Waals surface area contributed by atoms with E-state index in [0.717, 1.165) is 0 Å². The Hall–Kier alpha value is -2.41. The van der Waals surface area contributed by atoms with Gasteiger partial charge in [-0.25, -0.2) is 4.79 Å². The quantitative estimate of drug-likeness (QED) is 0.865. The lowest BCUT2D eigenvalue weighted by Crippen LogP contribution is -2.51. The third-order valence-electron chi connectivity index (χ3n) is 3.54. The molecule has 0 spiro atoms. The molecule has 0 saturated carbocycles. The molecule has 1 heterocycles. The number of ether oxygens (including phenoxy) is 1. The highest BCUT2D eigenvalue weighted by molar-refractivity contribution is 5.97. The number of hydrogen-bond acceptors (Lipinski definition) is 4. The predicted octanol–water partition coefficient (Wildman–Crippen LogP) is 0.316. The topological polar surface area (TPSA) is 87.2 Å². The van der Waals surface area contributed by atoms with Crippen LogP contribution in [0, 0.1) is 0 Å². The van der Waals surface area contributed by atoms with Crippen molar-refractivity contribution < 1.29 is 24.2 Å². The molecule has 2 rings (SSSR count). The Morgan fingerprint density at radius 3 is 2.27 bits per heavy atom. The maximum atomic E-state index is 12.4. The van der Waals surface area contributed by atoms with Crippen molar-refractivity contribution in [2.24, 2.45) is 0 Å². The lowest BCUT2D eigenvalue weighted by Gasteiger charge is -2.34. The standard InChI is InChI=1S/C15H18N2O5/c1-22-10-13(18)16-5-7-17(8-6-16)14(19)11-3-2-4-12(9-11)15(20)21/h2-4,9H,5-8,10H2,1H3,(H,20,21). The number of carbonyl (C=O) groups is 3. The fourth-order valence-electron chi connectivity index (χ4n) is 2.34. The molecule has 1 fully saturated rings. The summed E-state index contributed by atoms with van der Waals surface area (Å²) in [5.74, 6) is -1.38. The molecular formula is C15H18N2O5. The third-order valence-corrected chi connectivity index (χ3v) is 3.54. The molecule has 1 aliphatic rings. The first kappa shape index (κ1) is 16.0. The Morgan fingerprint density at radius 2 is 1.68 bits per heavy atom. The summed E-state index contributed by atoms with van der Waals surface area (Å²) in [7, 11) is 1.47.